The molecule has 0 radical (unpaired) electrons. The molecule has 3 aromatic rings. The Kier molecular flexibility index (Phi) is 5.44. The molecule has 0 bridgehead atoms. The number of imidazole rings is 1. The van der Waals surface area contributed by atoms with Gasteiger partial charge in [0.2, 0.25) is 11.8 Å². The zero-order chi connectivity index (χ0) is 21.3. The molecule has 1 saturated carbocycles. The first-order valence-electron chi connectivity index (χ1n) is 10.4. The lowest BCUT2D eigenvalue weighted by molar-refractivity contribution is -0.117. The Hall–Kier alpha value is -3.35. The second-order valence-electron chi connectivity index (χ2n) is 7.85. The van der Waals surface area contributed by atoms with E-state index < -0.39 is 0 Å². The van der Waals surface area contributed by atoms with Crippen molar-refractivity contribution in [2.45, 2.75) is 46.2 Å². The number of para-hydroxylation sites is 2. The smallest absolute Gasteiger partial charge is 0.326 e. The average molecular weight is 406 g/mol. The SMILES string of the molecule is CCCn1c(=O)n(CC(=O)Nc2cc(NC(=O)C3CC3)ccc2C)c2ccccc21. The molecule has 1 aliphatic rings. The van der Waals surface area contributed by atoms with Crippen LogP contribution in [0, 0.1) is 12.8 Å². The summed E-state index contributed by atoms with van der Waals surface area (Å²) in [6.07, 6.45) is 2.70. The Morgan fingerprint density at radius 1 is 1.03 bits per heavy atom. The van der Waals surface area contributed by atoms with Crippen LogP contribution in [0.5, 0.6) is 0 Å². The van der Waals surface area contributed by atoms with Crippen LogP contribution in [0.15, 0.2) is 47.3 Å². The van der Waals surface area contributed by atoms with E-state index in [2.05, 4.69) is 10.6 Å². The van der Waals surface area contributed by atoms with E-state index in [4.69, 9.17) is 0 Å². The fourth-order valence-corrected chi connectivity index (χ4v) is 3.62. The summed E-state index contributed by atoms with van der Waals surface area (Å²) in [7, 11) is 0. The van der Waals surface area contributed by atoms with Crippen molar-refractivity contribution in [2.24, 2.45) is 5.92 Å². The van der Waals surface area contributed by atoms with Crippen molar-refractivity contribution < 1.29 is 9.59 Å². The molecule has 1 fully saturated rings. The number of hydrogen-bond acceptors (Lipinski definition) is 3. The normalized spacial score (nSPS) is 13.4. The van der Waals surface area contributed by atoms with Crippen LogP contribution in [0.4, 0.5) is 11.4 Å². The molecule has 0 spiro atoms. The lowest BCUT2D eigenvalue weighted by Gasteiger charge is -2.12. The van der Waals surface area contributed by atoms with Crippen molar-refractivity contribution in [3.8, 4) is 0 Å². The van der Waals surface area contributed by atoms with Gasteiger partial charge in [-0.3, -0.25) is 18.7 Å². The number of anilines is 2. The van der Waals surface area contributed by atoms with E-state index in [1.54, 1.807) is 10.6 Å². The Bertz CT molecular complexity index is 1170. The molecule has 4 rings (SSSR count). The summed E-state index contributed by atoms with van der Waals surface area (Å²) in [5.74, 6) is -0.159. The first-order valence-corrected chi connectivity index (χ1v) is 10.4. The number of hydrogen-bond donors (Lipinski definition) is 2. The molecule has 1 aromatic heterocycles. The molecule has 2 amide bonds. The number of nitrogens with zero attached hydrogens (tertiary/aromatic N) is 2. The summed E-state index contributed by atoms with van der Waals surface area (Å²) in [5.41, 5.74) is 3.55. The predicted molar refractivity (Wildman–Crippen MR) is 118 cm³/mol. The highest BCUT2D eigenvalue weighted by atomic mass is 16.2. The van der Waals surface area contributed by atoms with Crippen molar-refractivity contribution >= 4 is 34.2 Å². The van der Waals surface area contributed by atoms with Crippen molar-refractivity contribution in [3.05, 3.63) is 58.5 Å². The molecule has 2 N–H and O–H groups in total. The van der Waals surface area contributed by atoms with Gasteiger partial charge in [-0.05, 0) is 56.0 Å². The summed E-state index contributed by atoms with van der Waals surface area (Å²) < 4.78 is 3.22. The minimum atomic E-state index is -0.287. The van der Waals surface area contributed by atoms with Gasteiger partial charge in [-0.15, -0.1) is 0 Å². The van der Waals surface area contributed by atoms with Gasteiger partial charge in [0.1, 0.15) is 6.54 Å². The van der Waals surface area contributed by atoms with E-state index in [9.17, 15) is 14.4 Å². The lowest BCUT2D eigenvalue weighted by Crippen LogP contribution is -2.29. The van der Waals surface area contributed by atoms with Gasteiger partial charge in [0.05, 0.1) is 11.0 Å². The summed E-state index contributed by atoms with van der Waals surface area (Å²) >= 11 is 0. The highest BCUT2D eigenvalue weighted by molar-refractivity contribution is 5.96. The van der Waals surface area contributed by atoms with Crippen LogP contribution < -0.4 is 16.3 Å². The van der Waals surface area contributed by atoms with Crippen LogP contribution in [-0.2, 0) is 22.7 Å². The van der Waals surface area contributed by atoms with Crippen molar-refractivity contribution in [1.82, 2.24) is 9.13 Å². The summed E-state index contributed by atoms with van der Waals surface area (Å²) in [5, 5.41) is 5.79. The summed E-state index contributed by atoms with van der Waals surface area (Å²) in [6.45, 7) is 4.44. The molecule has 2 aromatic carbocycles. The van der Waals surface area contributed by atoms with Gasteiger partial charge in [0.25, 0.3) is 0 Å². The molecule has 30 heavy (non-hydrogen) atoms. The molecule has 0 atom stereocenters. The molecule has 7 heteroatoms. The fraction of sp³-hybridized carbons (Fsp3) is 0.348. The lowest BCUT2D eigenvalue weighted by atomic mass is 10.1. The Morgan fingerprint density at radius 3 is 2.40 bits per heavy atom. The van der Waals surface area contributed by atoms with E-state index in [0.717, 1.165) is 35.9 Å². The van der Waals surface area contributed by atoms with Crippen LogP contribution in [-0.4, -0.2) is 20.9 Å². The van der Waals surface area contributed by atoms with Gasteiger partial charge >= 0.3 is 5.69 Å². The number of nitrogens with one attached hydrogen (secondary N) is 2. The number of aryl methyl sites for hydroxylation is 2. The third-order valence-corrected chi connectivity index (χ3v) is 5.40. The number of carbonyl (C=O) groups excluding carboxylic acids is 2. The molecule has 0 unspecified atom stereocenters. The Morgan fingerprint density at radius 2 is 1.73 bits per heavy atom. The number of fused-ring (bicyclic) bond motifs is 1. The number of rotatable bonds is 7. The Labute approximate surface area is 174 Å². The van der Waals surface area contributed by atoms with Crippen LogP contribution in [0.25, 0.3) is 11.0 Å². The molecular weight excluding hydrogens is 380 g/mol. The largest absolute Gasteiger partial charge is 0.329 e. The second kappa shape index (κ2) is 8.18. The van der Waals surface area contributed by atoms with Gasteiger partial charge in [0, 0.05) is 23.8 Å². The first-order chi connectivity index (χ1) is 14.5. The van der Waals surface area contributed by atoms with Gasteiger partial charge in [-0.2, -0.15) is 0 Å². The Balaban J connectivity index is 1.55. The van der Waals surface area contributed by atoms with E-state index >= 15 is 0 Å². The second-order valence-corrected chi connectivity index (χ2v) is 7.85. The first kappa shape index (κ1) is 19.9. The zero-order valence-electron chi connectivity index (χ0n) is 17.3. The topological polar surface area (TPSA) is 85.1 Å². The average Bonchev–Trinajstić information content (AvgIpc) is 3.54. The monoisotopic (exact) mass is 406 g/mol. The maximum Gasteiger partial charge on any atom is 0.329 e. The van der Waals surface area contributed by atoms with E-state index in [1.807, 2.05) is 50.2 Å². The highest BCUT2D eigenvalue weighted by Gasteiger charge is 2.29. The molecule has 0 aliphatic heterocycles. The minimum absolute atomic E-state index is 0.0198. The standard InChI is InChI=1S/C23H26N4O3/c1-3-12-26-19-6-4-5-7-20(19)27(23(26)30)14-21(28)25-18-13-17(11-8-15(18)2)24-22(29)16-9-10-16/h4-8,11,13,16H,3,9-10,12,14H2,1-2H3,(H,24,29)(H,25,28). The van der Waals surface area contributed by atoms with Crippen molar-refractivity contribution in [2.75, 3.05) is 10.6 Å². The van der Waals surface area contributed by atoms with E-state index in [0.29, 0.717) is 17.9 Å². The number of amides is 2. The van der Waals surface area contributed by atoms with Crippen LogP contribution in [0.3, 0.4) is 0 Å². The van der Waals surface area contributed by atoms with Crippen molar-refractivity contribution in [1.29, 1.82) is 0 Å². The van der Waals surface area contributed by atoms with Crippen LogP contribution >= 0.6 is 0 Å². The quantitative estimate of drug-likeness (QED) is 0.630. The van der Waals surface area contributed by atoms with Gasteiger partial charge < -0.3 is 10.6 Å². The number of aromatic nitrogens is 2. The van der Waals surface area contributed by atoms with Crippen LogP contribution in [0.2, 0.25) is 0 Å². The molecule has 156 valence electrons. The van der Waals surface area contributed by atoms with E-state index in [-0.39, 0.29) is 30.0 Å². The van der Waals surface area contributed by atoms with E-state index in [1.165, 1.54) is 4.57 Å². The molecule has 7 nitrogen and oxygen atoms in total. The molecule has 0 saturated heterocycles. The maximum absolute atomic E-state index is 12.9. The van der Waals surface area contributed by atoms with Crippen LogP contribution in [0.1, 0.15) is 31.7 Å². The maximum atomic E-state index is 12.9. The predicted octanol–water partition coefficient (Wildman–Crippen LogP) is 3.51. The summed E-state index contributed by atoms with van der Waals surface area (Å²) in [6, 6.07) is 13.0. The highest BCUT2D eigenvalue weighted by Crippen LogP contribution is 2.30. The number of carbonyl (C=O) groups is 2. The molecule has 1 heterocycles. The minimum Gasteiger partial charge on any atom is -0.326 e. The van der Waals surface area contributed by atoms with Gasteiger partial charge in [0.15, 0.2) is 0 Å². The summed E-state index contributed by atoms with van der Waals surface area (Å²) in [4.78, 5) is 37.7. The number of benzene rings is 2. The van der Waals surface area contributed by atoms with Gasteiger partial charge in [-0.1, -0.05) is 25.1 Å². The third kappa shape index (κ3) is 4.01. The zero-order valence-corrected chi connectivity index (χ0v) is 17.3. The molecular formula is C23H26N4O3. The van der Waals surface area contributed by atoms with Crippen molar-refractivity contribution in [3.63, 3.8) is 0 Å². The fourth-order valence-electron chi connectivity index (χ4n) is 3.62. The van der Waals surface area contributed by atoms with Gasteiger partial charge in [-0.25, -0.2) is 4.79 Å². The molecule has 1 aliphatic carbocycles. The third-order valence-electron chi connectivity index (χ3n) is 5.40.